The van der Waals surface area contributed by atoms with Gasteiger partial charge in [-0.25, -0.2) is 67.6 Å². The van der Waals surface area contributed by atoms with Crippen molar-refractivity contribution in [2.24, 2.45) is 0 Å². The van der Waals surface area contributed by atoms with Gasteiger partial charge in [-0.1, -0.05) is 96.1 Å². The van der Waals surface area contributed by atoms with Crippen molar-refractivity contribution in [3.63, 3.8) is 0 Å². The summed E-state index contributed by atoms with van der Waals surface area (Å²) in [5.74, 6) is -24.0. The van der Waals surface area contributed by atoms with E-state index in [1.165, 1.54) is 36.4 Å². The SMILES string of the molecule is C=CC(=O)N1CCN(c2c(C#N)c(=O)n(-c3c(C)ccnc3C(C)C)c3nc(-c4c(F)c(N)c(F)c(F)c4F)c(Cl)cc23)CC1.C=CC(=O)N1CCN(c2c(C#N)c(=O)n(-c3c(C)ccnc3C(C)C)c3nc(-c4c(F)c(N)c(F)c(F)c4F)c(Cl)cc23)CC1.C=CC(=O)N1CCN(c2c(C#N)c(=O)n(-c3c(C)ccnc3C(C)C)c3nc(-c4c(F)c(N)c(F)c(F)c4F)c(Cl)cc23)CC1. The van der Waals surface area contributed by atoms with Gasteiger partial charge < -0.3 is 46.6 Å². The van der Waals surface area contributed by atoms with Crippen LogP contribution in [0.4, 0.5) is 86.8 Å². The van der Waals surface area contributed by atoms with Gasteiger partial charge in [-0.05, 0) is 110 Å². The number of pyridine rings is 9. The molecule has 27 nitrogen and oxygen atoms in total. The van der Waals surface area contributed by atoms with Crippen LogP contribution < -0.4 is 48.6 Å². The van der Waals surface area contributed by atoms with Crippen LogP contribution in [0.1, 0.15) is 110 Å². The van der Waals surface area contributed by atoms with Crippen molar-refractivity contribution >= 4 is 120 Å². The molecule has 3 aliphatic rings. The number of nitrogen functional groups attached to an aromatic ring is 3. The number of amides is 3. The van der Waals surface area contributed by atoms with E-state index in [9.17, 15) is 70.9 Å². The summed E-state index contributed by atoms with van der Waals surface area (Å²) >= 11 is 19.6. The summed E-state index contributed by atoms with van der Waals surface area (Å²) in [4.78, 5) is 116. The maximum atomic E-state index is 15.3. The van der Waals surface area contributed by atoms with E-state index >= 15 is 26.3 Å². The second-order valence-corrected chi connectivity index (χ2v) is 33.5. The standard InChI is InChI=1S/3C31H26ClF4N7O2/c3*1-5-19(44)41-8-10-42(11-9-41)29-16-12-18(32)27(20-21(33)23(35)24(36)25(38)22(20)34)40-30(16)43(31(45)17(29)13-37)28-15(4)6-7-39-26(28)14(2)3/h3*5-7,12,14H,1,8-11,38H2,2-4H3. The number of piperazine rings is 3. The molecule has 135 heavy (non-hydrogen) atoms. The number of nitrogens with two attached hydrogens (primary N) is 3. The molecular formula is C93H78Cl3F12N21O6. The van der Waals surface area contributed by atoms with E-state index in [0.29, 0.717) is 33.8 Å². The summed E-state index contributed by atoms with van der Waals surface area (Å²) in [6.45, 7) is 29.4. The molecule has 0 spiro atoms. The predicted molar refractivity (Wildman–Crippen MR) is 487 cm³/mol. The Balaban J connectivity index is 0.000000171. The van der Waals surface area contributed by atoms with Gasteiger partial charge in [0.1, 0.15) is 68.9 Å². The molecule has 0 radical (unpaired) electrons. The van der Waals surface area contributed by atoms with Crippen molar-refractivity contribution in [3.8, 4) is 69.0 Å². The maximum absolute atomic E-state index is 15.3. The lowest BCUT2D eigenvalue weighted by Gasteiger charge is -2.36. The van der Waals surface area contributed by atoms with Crippen molar-refractivity contribution < 1.29 is 67.1 Å². The number of nitriles is 3. The molecule has 42 heteroatoms. The van der Waals surface area contributed by atoms with Crippen molar-refractivity contribution in [1.82, 2.24) is 58.3 Å². The number of carbonyl (C=O) groups excluding carboxylic acids is 3. The van der Waals surface area contributed by atoms with E-state index in [2.05, 4.69) is 49.6 Å². The van der Waals surface area contributed by atoms with Crippen LogP contribution in [0, 0.1) is 125 Å². The number of fused-ring (bicyclic) bond motifs is 3. The number of rotatable bonds is 15. The van der Waals surface area contributed by atoms with Crippen LogP contribution in [-0.2, 0) is 14.4 Å². The Morgan fingerprint density at radius 1 is 0.370 bits per heavy atom. The molecule has 3 saturated heterocycles. The van der Waals surface area contributed by atoms with Crippen molar-refractivity contribution in [2.75, 3.05) is 110 Å². The summed E-state index contributed by atoms with van der Waals surface area (Å²) in [6, 6.07) is 14.7. The number of anilines is 6. The van der Waals surface area contributed by atoms with Crippen LogP contribution in [0.3, 0.4) is 0 Å². The number of benzene rings is 3. The number of aromatic nitrogens is 9. The molecule has 3 aliphatic heterocycles. The highest BCUT2D eigenvalue weighted by Crippen LogP contribution is 2.47. The summed E-state index contributed by atoms with van der Waals surface area (Å²) in [6.07, 6.45) is 8.21. The molecule has 0 saturated carbocycles. The zero-order valence-electron chi connectivity index (χ0n) is 73.2. The summed E-state index contributed by atoms with van der Waals surface area (Å²) < 4.78 is 180. The van der Waals surface area contributed by atoms with E-state index in [-0.39, 0.29) is 198 Å². The van der Waals surface area contributed by atoms with E-state index in [4.69, 9.17) is 52.0 Å². The van der Waals surface area contributed by atoms with Crippen molar-refractivity contribution in [1.29, 1.82) is 15.8 Å². The average molecular weight is 1920 g/mol. The van der Waals surface area contributed by atoms with Gasteiger partial charge in [0.05, 0.1) is 100 Å². The zero-order valence-corrected chi connectivity index (χ0v) is 75.4. The minimum absolute atomic E-state index is 0.138. The molecule has 0 unspecified atom stereocenters. The Morgan fingerprint density at radius 3 is 0.793 bits per heavy atom. The second kappa shape index (κ2) is 38.7. The molecule has 3 fully saturated rings. The maximum Gasteiger partial charge on any atom is 0.276 e. The molecule has 3 aromatic carbocycles. The third kappa shape index (κ3) is 17.1. The van der Waals surface area contributed by atoms with Gasteiger partial charge in [0.2, 0.25) is 17.7 Å². The topological polar surface area (TPSA) is 363 Å². The molecular weight excluding hydrogens is 1840 g/mol. The number of hydrogen-bond acceptors (Lipinski definition) is 21. The van der Waals surface area contributed by atoms with Gasteiger partial charge in [0.25, 0.3) is 16.7 Å². The molecule has 0 atom stereocenters. The molecule has 696 valence electrons. The van der Waals surface area contributed by atoms with Crippen molar-refractivity contribution in [3.05, 3.63) is 259 Å². The molecule has 6 N–H and O–H groups in total. The highest BCUT2D eigenvalue weighted by molar-refractivity contribution is 6.35. The van der Waals surface area contributed by atoms with Crippen LogP contribution in [0.5, 0.6) is 0 Å². The van der Waals surface area contributed by atoms with Crippen LogP contribution in [0.25, 0.3) is 83.9 Å². The fourth-order valence-corrected chi connectivity index (χ4v) is 17.2. The van der Waals surface area contributed by atoms with E-state index < -0.39 is 152 Å². The molecule has 0 bridgehead atoms. The molecule has 12 aromatic rings. The van der Waals surface area contributed by atoms with Gasteiger partial charge in [0.15, 0.2) is 69.8 Å². The molecule has 9 aromatic heterocycles. The predicted octanol–water partition coefficient (Wildman–Crippen LogP) is 16.1. The Hall–Kier alpha value is -14.9. The van der Waals surface area contributed by atoms with Crippen LogP contribution in [-0.4, -0.2) is 155 Å². The van der Waals surface area contributed by atoms with Gasteiger partial charge >= 0.3 is 0 Å². The van der Waals surface area contributed by atoms with E-state index in [1.807, 2.05) is 59.8 Å². The number of aryl methyl sites for hydroxylation is 3. The Labute approximate surface area is 775 Å². The normalized spacial score (nSPS) is 13.4. The smallest absolute Gasteiger partial charge is 0.276 e. The largest absolute Gasteiger partial charge is 0.394 e. The molecule has 15 rings (SSSR count). The van der Waals surface area contributed by atoms with Gasteiger partial charge in [0, 0.05) is 113 Å². The van der Waals surface area contributed by atoms with E-state index in [0.717, 1.165) is 13.7 Å². The Morgan fingerprint density at radius 2 is 0.593 bits per heavy atom. The second-order valence-electron chi connectivity index (χ2n) is 32.2. The first-order valence-electron chi connectivity index (χ1n) is 41.3. The monoisotopic (exact) mass is 1920 g/mol. The fraction of sp³-hybridized carbons (Fsp3) is 0.258. The highest BCUT2D eigenvalue weighted by Gasteiger charge is 2.39. The minimum Gasteiger partial charge on any atom is -0.394 e. The summed E-state index contributed by atoms with van der Waals surface area (Å²) in [5.41, 5.74) is 7.54. The van der Waals surface area contributed by atoms with Crippen LogP contribution >= 0.6 is 34.8 Å². The molecule has 0 aliphatic carbocycles. The lowest BCUT2D eigenvalue weighted by atomic mass is 10.0. The van der Waals surface area contributed by atoms with Gasteiger partial charge in [-0.3, -0.25) is 57.4 Å². The minimum atomic E-state index is -2.03. The molecule has 12 heterocycles. The lowest BCUT2D eigenvalue weighted by molar-refractivity contribution is -0.127. The third-order valence-electron chi connectivity index (χ3n) is 23.2. The first kappa shape index (κ1) is 97.6. The highest BCUT2D eigenvalue weighted by atomic mass is 35.5. The summed E-state index contributed by atoms with van der Waals surface area (Å²) in [5, 5.41) is 30.2. The number of hydrogen-bond donors (Lipinski definition) is 3. The quantitative estimate of drug-likeness (QED) is 0.0282. The van der Waals surface area contributed by atoms with Crippen LogP contribution in [0.2, 0.25) is 15.1 Å². The number of nitrogens with zero attached hydrogens (tertiary/aromatic N) is 18. The Bertz CT molecular complexity index is 6640. The van der Waals surface area contributed by atoms with E-state index in [1.54, 1.807) is 87.0 Å². The van der Waals surface area contributed by atoms with Gasteiger partial charge in [-0.2, -0.15) is 15.8 Å². The fourth-order valence-electron chi connectivity index (χ4n) is 16.5. The summed E-state index contributed by atoms with van der Waals surface area (Å²) in [7, 11) is 0. The average Bonchev–Trinajstić information content (AvgIpc) is 0.728. The Kier molecular flexibility index (Phi) is 28.0. The van der Waals surface area contributed by atoms with Crippen molar-refractivity contribution in [2.45, 2.75) is 80.1 Å². The first-order chi connectivity index (χ1) is 64.0. The van der Waals surface area contributed by atoms with Gasteiger partial charge in [-0.15, -0.1) is 0 Å². The first-order valence-corrected chi connectivity index (χ1v) is 42.4. The number of carbonyl (C=O) groups is 3. The van der Waals surface area contributed by atoms with Crippen LogP contribution in [0.15, 0.2) is 107 Å². The number of halogens is 15. The third-order valence-corrected chi connectivity index (χ3v) is 24.1. The lowest BCUT2D eigenvalue weighted by Crippen LogP contribution is -2.49. The molecule has 3 amide bonds. The zero-order chi connectivity index (χ0) is 98.7.